The molecule has 0 atom stereocenters. The van der Waals surface area contributed by atoms with Crippen LogP contribution in [0.5, 0.6) is 0 Å². The third-order valence-corrected chi connectivity index (χ3v) is 0.788. The molecule has 1 radical (unpaired) electrons. The molecule has 0 fully saturated rings. The van der Waals surface area contributed by atoms with Crippen LogP contribution in [0.15, 0.2) is 0 Å². The summed E-state index contributed by atoms with van der Waals surface area (Å²) in [5, 5.41) is 0. The molecule has 0 unspecified atom stereocenters. The van der Waals surface area contributed by atoms with Crippen LogP contribution in [0.25, 0.3) is 0 Å². The van der Waals surface area contributed by atoms with Crippen molar-refractivity contribution in [3.8, 4) is 0 Å². The van der Waals surface area contributed by atoms with Gasteiger partial charge in [-0.05, 0) is 0 Å². The summed E-state index contributed by atoms with van der Waals surface area (Å²) in [4.78, 5) is 9.32. The molecule has 5 heteroatoms. The standard InChI is InChI=1S/C4H5F3NO/c1-8(3-9)4(6,7)2-5/h2H2,1H3. The van der Waals surface area contributed by atoms with Crippen LogP contribution in [0.1, 0.15) is 0 Å². The smallest absolute Gasteiger partial charge is 0.276 e. The summed E-state index contributed by atoms with van der Waals surface area (Å²) in [6.45, 7) is -1.88. The number of amides is 1. The zero-order valence-electron chi connectivity index (χ0n) is 4.70. The van der Waals surface area contributed by atoms with Gasteiger partial charge in [0.15, 0.2) is 6.67 Å². The molecule has 0 bridgehead atoms. The van der Waals surface area contributed by atoms with Crippen LogP contribution in [0, 0.1) is 0 Å². The normalized spacial score (nSPS) is 11.1. The quantitative estimate of drug-likeness (QED) is 0.414. The molecule has 0 aliphatic rings. The Bertz CT molecular complexity index is 106. The van der Waals surface area contributed by atoms with Crippen LogP contribution >= 0.6 is 0 Å². The van der Waals surface area contributed by atoms with E-state index in [-0.39, 0.29) is 4.90 Å². The van der Waals surface area contributed by atoms with E-state index in [9.17, 15) is 18.0 Å². The van der Waals surface area contributed by atoms with E-state index in [1.807, 2.05) is 0 Å². The molecule has 0 aromatic rings. The lowest BCUT2D eigenvalue weighted by atomic mass is 10.5. The topological polar surface area (TPSA) is 20.3 Å². The number of hydrogen-bond donors (Lipinski definition) is 0. The fraction of sp³-hybridized carbons (Fsp3) is 0.750. The first kappa shape index (κ1) is 8.26. The lowest BCUT2D eigenvalue weighted by molar-refractivity contribution is -0.114. The second-order valence-corrected chi connectivity index (χ2v) is 1.45. The molecule has 9 heavy (non-hydrogen) atoms. The van der Waals surface area contributed by atoms with Crippen LogP contribution < -0.4 is 0 Å². The zero-order chi connectivity index (χ0) is 7.49. The van der Waals surface area contributed by atoms with Crippen molar-refractivity contribution < 1.29 is 18.0 Å². The third kappa shape index (κ3) is 1.91. The van der Waals surface area contributed by atoms with E-state index in [2.05, 4.69) is 0 Å². The van der Waals surface area contributed by atoms with E-state index in [4.69, 9.17) is 0 Å². The lowest BCUT2D eigenvalue weighted by Crippen LogP contribution is -2.39. The number of nitrogens with zero attached hydrogens (tertiary/aromatic N) is 1. The Morgan fingerprint density at radius 2 is 2.11 bits per heavy atom. The maximum atomic E-state index is 11.8. The number of alkyl halides is 3. The van der Waals surface area contributed by atoms with E-state index in [0.717, 1.165) is 13.5 Å². The zero-order valence-corrected chi connectivity index (χ0v) is 4.70. The molecule has 1 amide bonds. The predicted octanol–water partition coefficient (Wildman–Crippen LogP) is 0.548. The van der Waals surface area contributed by atoms with E-state index in [0.29, 0.717) is 0 Å². The van der Waals surface area contributed by atoms with E-state index in [1.54, 1.807) is 0 Å². The maximum absolute atomic E-state index is 11.8. The van der Waals surface area contributed by atoms with E-state index >= 15 is 0 Å². The summed E-state index contributed by atoms with van der Waals surface area (Å²) in [7, 11) is 0.757. The van der Waals surface area contributed by atoms with Crippen LogP contribution in [0.4, 0.5) is 13.2 Å². The van der Waals surface area contributed by atoms with Gasteiger partial charge in [-0.2, -0.15) is 8.78 Å². The number of halogens is 3. The maximum Gasteiger partial charge on any atom is 0.356 e. The Labute approximate surface area is 50.3 Å². The minimum Gasteiger partial charge on any atom is -0.276 e. The minimum atomic E-state index is -3.71. The molecular weight excluding hydrogens is 135 g/mol. The van der Waals surface area contributed by atoms with Crippen molar-refractivity contribution in [1.29, 1.82) is 0 Å². The van der Waals surface area contributed by atoms with Crippen molar-refractivity contribution in [2.45, 2.75) is 6.05 Å². The lowest BCUT2D eigenvalue weighted by Gasteiger charge is -2.18. The van der Waals surface area contributed by atoms with Gasteiger partial charge < -0.3 is 0 Å². The molecule has 0 rings (SSSR count). The average molecular weight is 140 g/mol. The summed E-state index contributed by atoms with van der Waals surface area (Å²) in [5.41, 5.74) is 0. The van der Waals surface area contributed by atoms with Gasteiger partial charge in [0.1, 0.15) is 0 Å². The van der Waals surface area contributed by atoms with Gasteiger partial charge in [-0.15, -0.1) is 0 Å². The first-order valence-electron chi connectivity index (χ1n) is 2.10. The Balaban J connectivity index is 3.95. The second-order valence-electron chi connectivity index (χ2n) is 1.45. The van der Waals surface area contributed by atoms with Crippen molar-refractivity contribution in [3.63, 3.8) is 0 Å². The average Bonchev–Trinajstić information content (AvgIpc) is 1.86. The minimum absolute atomic E-state index is 0.146. The van der Waals surface area contributed by atoms with Gasteiger partial charge in [0, 0.05) is 7.05 Å². The Morgan fingerprint density at radius 3 is 2.22 bits per heavy atom. The van der Waals surface area contributed by atoms with Crippen molar-refractivity contribution in [3.05, 3.63) is 0 Å². The molecule has 0 N–H and O–H groups in total. The van der Waals surface area contributed by atoms with Gasteiger partial charge in [0.25, 0.3) is 0 Å². The molecule has 0 spiro atoms. The van der Waals surface area contributed by atoms with Crippen LogP contribution in [-0.2, 0) is 4.79 Å². The summed E-state index contributed by atoms with van der Waals surface area (Å²) >= 11 is 0. The third-order valence-electron chi connectivity index (χ3n) is 0.788. The van der Waals surface area contributed by atoms with Crippen LogP contribution in [0.2, 0.25) is 0 Å². The highest BCUT2D eigenvalue weighted by atomic mass is 19.3. The molecule has 0 heterocycles. The van der Waals surface area contributed by atoms with Gasteiger partial charge in [0.05, 0.1) is 0 Å². The summed E-state index contributed by atoms with van der Waals surface area (Å²) in [5.74, 6) is 0. The monoisotopic (exact) mass is 140 g/mol. The second kappa shape index (κ2) is 2.70. The summed E-state index contributed by atoms with van der Waals surface area (Å²) < 4.78 is 34.9. The Morgan fingerprint density at radius 1 is 1.67 bits per heavy atom. The van der Waals surface area contributed by atoms with E-state index in [1.165, 1.54) is 0 Å². The SMILES string of the molecule is CN([C]=O)C(F)(F)CF. The van der Waals surface area contributed by atoms with Gasteiger partial charge >= 0.3 is 12.5 Å². The fourth-order valence-corrected chi connectivity index (χ4v) is 0.156. The highest BCUT2D eigenvalue weighted by Crippen LogP contribution is 2.15. The van der Waals surface area contributed by atoms with Gasteiger partial charge in [0.2, 0.25) is 0 Å². The van der Waals surface area contributed by atoms with Crippen molar-refractivity contribution >= 4 is 6.41 Å². The molecule has 0 aliphatic carbocycles. The Kier molecular flexibility index (Phi) is 2.48. The molecule has 0 saturated heterocycles. The molecule has 0 saturated carbocycles. The molecule has 53 valence electrons. The number of rotatable bonds is 3. The summed E-state index contributed by atoms with van der Waals surface area (Å²) in [6.07, 6.45) is 0.849. The highest BCUT2D eigenvalue weighted by Gasteiger charge is 2.34. The molecule has 0 aromatic heterocycles. The van der Waals surface area contributed by atoms with Crippen molar-refractivity contribution in [1.82, 2.24) is 4.90 Å². The van der Waals surface area contributed by atoms with E-state index < -0.39 is 12.7 Å². The first-order valence-corrected chi connectivity index (χ1v) is 2.10. The van der Waals surface area contributed by atoms with Gasteiger partial charge in [-0.3, -0.25) is 9.69 Å². The molecular formula is C4H5F3NO. The van der Waals surface area contributed by atoms with Gasteiger partial charge in [-0.25, -0.2) is 4.39 Å². The van der Waals surface area contributed by atoms with Crippen molar-refractivity contribution in [2.75, 3.05) is 13.7 Å². The van der Waals surface area contributed by atoms with Crippen LogP contribution in [-0.4, -0.2) is 31.1 Å². The predicted molar refractivity (Wildman–Crippen MR) is 24.4 cm³/mol. The molecule has 2 nitrogen and oxygen atoms in total. The van der Waals surface area contributed by atoms with Crippen molar-refractivity contribution in [2.24, 2.45) is 0 Å². The number of carbonyl (C=O) groups excluding carboxylic acids is 1. The highest BCUT2D eigenvalue weighted by molar-refractivity contribution is 5.48. The summed E-state index contributed by atoms with van der Waals surface area (Å²) in [6, 6.07) is -3.71. The van der Waals surface area contributed by atoms with Crippen LogP contribution in [0.3, 0.4) is 0 Å². The largest absolute Gasteiger partial charge is 0.356 e. The Hall–Kier alpha value is -0.740. The van der Waals surface area contributed by atoms with Gasteiger partial charge in [-0.1, -0.05) is 0 Å². The first-order chi connectivity index (χ1) is 4.04. The molecule has 0 aromatic carbocycles. The fourth-order valence-electron chi connectivity index (χ4n) is 0.156. The number of hydrogen-bond acceptors (Lipinski definition) is 1. The molecule has 0 aliphatic heterocycles.